The first-order chi connectivity index (χ1) is 7.52. The van der Waals surface area contributed by atoms with Gasteiger partial charge in [-0.15, -0.1) is 0 Å². The lowest BCUT2D eigenvalue weighted by molar-refractivity contribution is 0.631. The molecule has 0 heterocycles. The lowest BCUT2D eigenvalue weighted by atomic mass is 10.2. The monoisotopic (exact) mass is 264 g/mol. The first-order valence-electron chi connectivity index (χ1n) is 5.20. The van der Waals surface area contributed by atoms with Crippen molar-refractivity contribution in [2.24, 2.45) is 0 Å². The first-order valence-corrected chi connectivity index (χ1v) is 5.96. The van der Waals surface area contributed by atoms with Crippen LogP contribution in [0.2, 0.25) is 10.0 Å². The summed E-state index contributed by atoms with van der Waals surface area (Å²) in [5, 5.41) is 0.388. The van der Waals surface area contributed by atoms with Crippen LogP contribution in [-0.2, 0) is 0 Å². The van der Waals surface area contributed by atoms with E-state index in [1.54, 1.807) is 0 Å². The number of benzene rings is 1. The maximum absolute atomic E-state index is 13.6. The van der Waals surface area contributed by atoms with Crippen molar-refractivity contribution in [2.45, 2.75) is 20.3 Å². The van der Waals surface area contributed by atoms with Crippen molar-refractivity contribution in [1.29, 1.82) is 0 Å². The topological polar surface area (TPSA) is 29.3 Å². The van der Waals surface area contributed by atoms with Crippen molar-refractivity contribution in [3.63, 3.8) is 0 Å². The van der Waals surface area contributed by atoms with E-state index in [0.717, 1.165) is 19.5 Å². The van der Waals surface area contributed by atoms with E-state index in [-0.39, 0.29) is 10.7 Å². The minimum absolute atomic E-state index is 0.000278. The summed E-state index contributed by atoms with van der Waals surface area (Å²) in [6, 6.07) is 1.40. The van der Waals surface area contributed by atoms with E-state index in [4.69, 9.17) is 28.9 Å². The van der Waals surface area contributed by atoms with Gasteiger partial charge in [-0.3, -0.25) is 0 Å². The highest BCUT2D eigenvalue weighted by atomic mass is 35.5. The van der Waals surface area contributed by atoms with Crippen LogP contribution < -0.4 is 10.6 Å². The summed E-state index contributed by atoms with van der Waals surface area (Å²) in [5.41, 5.74) is 5.95. The summed E-state index contributed by atoms with van der Waals surface area (Å²) >= 11 is 12.0. The Bertz CT molecular complexity index is 383. The van der Waals surface area contributed by atoms with E-state index in [9.17, 15) is 4.39 Å². The molecule has 0 saturated carbocycles. The van der Waals surface area contributed by atoms with Gasteiger partial charge in [0.1, 0.15) is 5.02 Å². The van der Waals surface area contributed by atoms with Gasteiger partial charge < -0.3 is 10.6 Å². The van der Waals surface area contributed by atoms with E-state index in [1.165, 1.54) is 6.07 Å². The van der Waals surface area contributed by atoms with Gasteiger partial charge in [-0.25, -0.2) is 4.39 Å². The number of nitrogens with two attached hydrogens (primary N) is 1. The Morgan fingerprint density at radius 1 is 1.38 bits per heavy atom. The van der Waals surface area contributed by atoms with Crippen LogP contribution in [0.3, 0.4) is 0 Å². The van der Waals surface area contributed by atoms with Crippen LogP contribution in [0.1, 0.15) is 20.3 Å². The molecule has 0 aliphatic carbocycles. The zero-order valence-electron chi connectivity index (χ0n) is 9.36. The van der Waals surface area contributed by atoms with Crippen molar-refractivity contribution in [3.05, 3.63) is 21.9 Å². The summed E-state index contributed by atoms with van der Waals surface area (Å²) in [5.74, 6) is -0.601. The Kier molecular flexibility index (Phi) is 4.69. The van der Waals surface area contributed by atoms with Crippen molar-refractivity contribution in [1.82, 2.24) is 0 Å². The molecule has 0 spiro atoms. The number of rotatable bonds is 4. The number of hydrogen-bond acceptors (Lipinski definition) is 2. The number of hydrogen-bond donors (Lipinski definition) is 1. The maximum atomic E-state index is 13.6. The van der Waals surface area contributed by atoms with Crippen molar-refractivity contribution in [3.8, 4) is 0 Å². The highest BCUT2D eigenvalue weighted by Gasteiger charge is 2.18. The Morgan fingerprint density at radius 2 is 2.00 bits per heavy atom. The van der Waals surface area contributed by atoms with Crippen LogP contribution in [0.15, 0.2) is 6.07 Å². The van der Waals surface area contributed by atoms with Gasteiger partial charge in [-0.2, -0.15) is 0 Å². The Hall–Kier alpha value is -0.670. The predicted octanol–water partition coefficient (Wildman–Crippen LogP) is 3.95. The highest BCUT2D eigenvalue weighted by molar-refractivity contribution is 6.39. The molecule has 1 rings (SSSR count). The second kappa shape index (κ2) is 5.60. The van der Waals surface area contributed by atoms with Gasteiger partial charge >= 0.3 is 0 Å². The average Bonchev–Trinajstić information content (AvgIpc) is 2.25. The van der Waals surface area contributed by atoms with Crippen molar-refractivity contribution >= 4 is 34.6 Å². The standard InChI is InChI=1S/C11H15Cl2FN2/c1-3-5-16(4-2)11-7(12)6-8(15)10(14)9(11)13/h6H,3-5,15H2,1-2H3. The molecule has 0 atom stereocenters. The SMILES string of the molecule is CCCN(CC)c1c(Cl)cc(N)c(F)c1Cl. The molecule has 0 fully saturated rings. The third-order valence-electron chi connectivity index (χ3n) is 2.35. The van der Waals surface area contributed by atoms with Crippen LogP contribution in [0.4, 0.5) is 15.8 Å². The number of nitrogens with zero attached hydrogens (tertiary/aromatic N) is 1. The van der Waals surface area contributed by atoms with Gasteiger partial charge in [0.2, 0.25) is 0 Å². The zero-order chi connectivity index (χ0) is 12.3. The maximum Gasteiger partial charge on any atom is 0.166 e. The van der Waals surface area contributed by atoms with E-state index in [0.29, 0.717) is 10.7 Å². The molecule has 0 bridgehead atoms. The Labute approximate surface area is 105 Å². The number of anilines is 2. The lowest BCUT2D eigenvalue weighted by Crippen LogP contribution is -2.24. The van der Waals surface area contributed by atoms with Crippen LogP contribution in [0, 0.1) is 5.82 Å². The summed E-state index contributed by atoms with van der Waals surface area (Å²) < 4.78 is 13.6. The molecule has 0 aliphatic rings. The van der Waals surface area contributed by atoms with Crippen LogP contribution in [-0.4, -0.2) is 13.1 Å². The van der Waals surface area contributed by atoms with Gasteiger partial charge in [-0.05, 0) is 19.4 Å². The van der Waals surface area contributed by atoms with Crippen LogP contribution in [0.5, 0.6) is 0 Å². The summed E-state index contributed by atoms with van der Waals surface area (Å²) in [7, 11) is 0. The average molecular weight is 265 g/mol. The summed E-state index contributed by atoms with van der Waals surface area (Å²) in [6.07, 6.45) is 0.937. The molecule has 1 aromatic carbocycles. The molecule has 0 saturated heterocycles. The third kappa shape index (κ3) is 2.53. The first kappa shape index (κ1) is 13.4. The summed E-state index contributed by atoms with van der Waals surface area (Å²) in [4.78, 5) is 1.94. The molecule has 90 valence electrons. The molecule has 0 radical (unpaired) electrons. The normalized spacial score (nSPS) is 10.6. The Morgan fingerprint density at radius 3 is 2.50 bits per heavy atom. The molecular formula is C11H15Cl2FN2. The van der Waals surface area contributed by atoms with Gasteiger partial charge in [0.05, 0.1) is 16.4 Å². The molecule has 5 heteroatoms. The number of nitrogen functional groups attached to an aromatic ring is 1. The largest absolute Gasteiger partial charge is 0.396 e. The molecule has 1 aromatic rings. The molecule has 2 nitrogen and oxygen atoms in total. The van der Waals surface area contributed by atoms with E-state index in [2.05, 4.69) is 0 Å². The molecule has 0 unspecified atom stereocenters. The van der Waals surface area contributed by atoms with Crippen molar-refractivity contribution < 1.29 is 4.39 Å². The van der Waals surface area contributed by atoms with E-state index >= 15 is 0 Å². The molecule has 0 amide bonds. The highest BCUT2D eigenvalue weighted by Crippen LogP contribution is 2.38. The molecular weight excluding hydrogens is 250 g/mol. The second-order valence-corrected chi connectivity index (χ2v) is 4.29. The Balaban J connectivity index is 3.26. The van der Waals surface area contributed by atoms with Gasteiger partial charge in [0, 0.05) is 13.1 Å². The van der Waals surface area contributed by atoms with Crippen molar-refractivity contribution in [2.75, 3.05) is 23.7 Å². The quantitative estimate of drug-likeness (QED) is 0.659. The predicted molar refractivity (Wildman–Crippen MR) is 69.0 cm³/mol. The van der Waals surface area contributed by atoms with Gasteiger partial charge in [0.15, 0.2) is 5.82 Å². The second-order valence-electron chi connectivity index (χ2n) is 3.50. The molecule has 0 aromatic heterocycles. The number of halogens is 3. The van der Waals surface area contributed by atoms with E-state index in [1.807, 2.05) is 18.7 Å². The molecule has 16 heavy (non-hydrogen) atoms. The summed E-state index contributed by atoms with van der Waals surface area (Å²) in [6.45, 7) is 5.50. The zero-order valence-corrected chi connectivity index (χ0v) is 10.9. The molecule has 2 N–H and O–H groups in total. The minimum atomic E-state index is -0.601. The fourth-order valence-corrected chi connectivity index (χ4v) is 2.30. The minimum Gasteiger partial charge on any atom is -0.396 e. The smallest absolute Gasteiger partial charge is 0.166 e. The fourth-order valence-electron chi connectivity index (χ4n) is 1.59. The van der Waals surface area contributed by atoms with Gasteiger partial charge in [-0.1, -0.05) is 30.1 Å². The van der Waals surface area contributed by atoms with Crippen LogP contribution in [0.25, 0.3) is 0 Å². The van der Waals surface area contributed by atoms with E-state index < -0.39 is 5.82 Å². The fraction of sp³-hybridized carbons (Fsp3) is 0.455. The molecule has 0 aliphatic heterocycles. The van der Waals surface area contributed by atoms with Gasteiger partial charge in [0.25, 0.3) is 0 Å². The van der Waals surface area contributed by atoms with Crippen LogP contribution >= 0.6 is 23.2 Å². The third-order valence-corrected chi connectivity index (χ3v) is 2.99. The lowest BCUT2D eigenvalue weighted by Gasteiger charge is -2.25.